The highest BCUT2D eigenvalue weighted by Crippen LogP contribution is 2.27. The van der Waals surface area contributed by atoms with E-state index in [0.717, 1.165) is 16.8 Å². The van der Waals surface area contributed by atoms with E-state index in [9.17, 15) is 24.6 Å². The number of carbonyl (C=O) groups is 1. The van der Waals surface area contributed by atoms with Crippen LogP contribution in [0.25, 0.3) is 0 Å². The van der Waals surface area contributed by atoms with E-state index in [1.165, 1.54) is 0 Å². The fraction of sp³-hybridized carbons (Fsp3) is 0.545. The first-order valence-electron chi connectivity index (χ1n) is 6.20. The van der Waals surface area contributed by atoms with Crippen molar-refractivity contribution >= 4 is 37.8 Å². The van der Waals surface area contributed by atoms with Gasteiger partial charge in [0.05, 0.1) is 0 Å². The van der Waals surface area contributed by atoms with Crippen molar-refractivity contribution in [1.29, 1.82) is 0 Å². The van der Waals surface area contributed by atoms with E-state index in [4.69, 9.17) is 4.74 Å². The first kappa shape index (κ1) is 17.3. The topological polar surface area (TPSA) is 134 Å². The average molecular weight is 443 g/mol. The molecule has 1 aromatic heterocycles. The third kappa shape index (κ3) is 3.66. The largest absolute Gasteiger partial charge is 0.387 e. The standard InChI is InChI=1S/C11H13Br2N3O6/c12-8(13)9(20)14-3-4-6(18)7(19)10(22-4)16-2-1-5(17)15-11(16)21/h1-2,4,6-8,10,18-19H,3H2,(H,14,20)(H,15,17,21)/t4-,6-,7-,10-/m1/s1. The molecule has 2 heterocycles. The fourth-order valence-electron chi connectivity index (χ4n) is 2.03. The van der Waals surface area contributed by atoms with Gasteiger partial charge in [-0.25, -0.2) is 4.79 Å². The molecule has 2 rings (SSSR count). The van der Waals surface area contributed by atoms with Crippen molar-refractivity contribution in [2.24, 2.45) is 0 Å². The second-order valence-electron chi connectivity index (χ2n) is 4.61. The lowest BCUT2D eigenvalue weighted by Gasteiger charge is -2.16. The number of aliphatic hydroxyl groups excluding tert-OH is 2. The molecule has 1 aromatic rings. The number of aromatic amines is 1. The van der Waals surface area contributed by atoms with E-state index in [0.29, 0.717) is 0 Å². The fourth-order valence-corrected chi connectivity index (χ4v) is 2.36. The highest BCUT2D eigenvalue weighted by atomic mass is 79.9. The number of hydrogen-bond acceptors (Lipinski definition) is 6. The van der Waals surface area contributed by atoms with Gasteiger partial charge in [-0.2, -0.15) is 0 Å². The summed E-state index contributed by atoms with van der Waals surface area (Å²) >= 11 is 6.03. The third-order valence-electron chi connectivity index (χ3n) is 3.14. The van der Waals surface area contributed by atoms with Crippen LogP contribution < -0.4 is 16.6 Å². The Kier molecular flexibility index (Phi) is 5.55. The number of H-pyrrole nitrogens is 1. The summed E-state index contributed by atoms with van der Waals surface area (Å²) in [6.45, 7) is -0.0562. The molecule has 1 aliphatic rings. The number of alkyl halides is 2. The van der Waals surface area contributed by atoms with Gasteiger partial charge in [0.15, 0.2) is 6.23 Å². The molecule has 9 nitrogen and oxygen atoms in total. The van der Waals surface area contributed by atoms with E-state index in [-0.39, 0.29) is 12.5 Å². The van der Waals surface area contributed by atoms with Gasteiger partial charge in [0.2, 0.25) is 5.91 Å². The lowest BCUT2D eigenvalue weighted by molar-refractivity contribution is -0.120. The summed E-state index contributed by atoms with van der Waals surface area (Å²) in [4.78, 5) is 36.2. The van der Waals surface area contributed by atoms with Gasteiger partial charge in [-0.1, -0.05) is 31.9 Å². The van der Waals surface area contributed by atoms with Crippen LogP contribution in [-0.2, 0) is 9.53 Å². The summed E-state index contributed by atoms with van der Waals surface area (Å²) in [5, 5.41) is 22.4. The smallest absolute Gasteiger partial charge is 0.330 e. The molecule has 4 atom stereocenters. The van der Waals surface area contributed by atoms with Crippen molar-refractivity contribution < 1.29 is 19.7 Å². The number of aliphatic hydroxyl groups is 2. The van der Waals surface area contributed by atoms with Crippen LogP contribution in [0.4, 0.5) is 0 Å². The molecule has 122 valence electrons. The SMILES string of the molecule is O=C(NC[C@H]1O[C@@H](n2ccc(=O)[nH]c2=O)[C@H](O)[C@@H]1O)C(Br)Br. The molecular formula is C11H13Br2N3O6. The maximum Gasteiger partial charge on any atom is 0.330 e. The number of aromatic nitrogens is 2. The maximum atomic E-state index is 11.7. The number of carbonyl (C=O) groups excluding carboxylic acids is 1. The lowest BCUT2D eigenvalue weighted by Crippen LogP contribution is -2.41. The van der Waals surface area contributed by atoms with Crippen molar-refractivity contribution in [1.82, 2.24) is 14.9 Å². The second kappa shape index (κ2) is 7.04. The Morgan fingerprint density at radius 2 is 2.09 bits per heavy atom. The average Bonchev–Trinajstić information content (AvgIpc) is 2.73. The number of rotatable bonds is 4. The van der Waals surface area contributed by atoms with E-state index in [1.807, 2.05) is 4.98 Å². The van der Waals surface area contributed by atoms with Gasteiger partial charge in [0.25, 0.3) is 5.56 Å². The lowest BCUT2D eigenvalue weighted by atomic mass is 10.1. The van der Waals surface area contributed by atoms with Crippen LogP contribution in [0, 0.1) is 0 Å². The molecule has 0 bridgehead atoms. The number of hydrogen-bond donors (Lipinski definition) is 4. The Morgan fingerprint density at radius 1 is 1.41 bits per heavy atom. The third-order valence-corrected chi connectivity index (χ3v) is 3.97. The maximum absolute atomic E-state index is 11.7. The zero-order valence-electron chi connectivity index (χ0n) is 11.0. The minimum Gasteiger partial charge on any atom is -0.387 e. The second-order valence-corrected chi connectivity index (χ2v) is 7.67. The van der Waals surface area contributed by atoms with Crippen molar-refractivity contribution in [3.63, 3.8) is 0 Å². The van der Waals surface area contributed by atoms with Crippen LogP contribution in [-0.4, -0.2) is 54.3 Å². The van der Waals surface area contributed by atoms with Gasteiger partial charge in [-0.05, 0) is 0 Å². The predicted molar refractivity (Wildman–Crippen MR) is 81.9 cm³/mol. The van der Waals surface area contributed by atoms with Crippen molar-refractivity contribution in [2.75, 3.05) is 6.54 Å². The van der Waals surface area contributed by atoms with E-state index in [1.54, 1.807) is 0 Å². The minimum absolute atomic E-state index is 0.0562. The highest BCUT2D eigenvalue weighted by Gasteiger charge is 2.44. The monoisotopic (exact) mass is 441 g/mol. The molecule has 1 saturated heterocycles. The minimum atomic E-state index is -1.38. The predicted octanol–water partition coefficient (Wildman–Crippen LogP) is -1.61. The Hall–Kier alpha value is -1.01. The molecule has 0 radical (unpaired) electrons. The summed E-state index contributed by atoms with van der Waals surface area (Å²) < 4.78 is 5.79. The van der Waals surface area contributed by atoms with Crippen LogP contribution in [0.15, 0.2) is 21.9 Å². The zero-order valence-corrected chi connectivity index (χ0v) is 14.2. The van der Waals surface area contributed by atoms with Gasteiger partial charge >= 0.3 is 5.69 Å². The normalized spacial score (nSPS) is 28.0. The molecule has 0 aliphatic carbocycles. The molecule has 0 spiro atoms. The number of halogens is 2. The van der Waals surface area contributed by atoms with Crippen LogP contribution in [0.5, 0.6) is 0 Å². The van der Waals surface area contributed by atoms with Gasteiger partial charge in [0.1, 0.15) is 22.0 Å². The van der Waals surface area contributed by atoms with Gasteiger partial charge < -0.3 is 20.3 Å². The van der Waals surface area contributed by atoms with Crippen LogP contribution >= 0.6 is 31.9 Å². The summed E-state index contributed by atoms with van der Waals surface area (Å²) in [6, 6.07) is 1.10. The number of ether oxygens (including phenoxy) is 1. The van der Waals surface area contributed by atoms with Crippen molar-refractivity contribution in [3.05, 3.63) is 33.1 Å². The van der Waals surface area contributed by atoms with Gasteiger partial charge in [0, 0.05) is 18.8 Å². The van der Waals surface area contributed by atoms with Gasteiger partial charge in [-0.15, -0.1) is 0 Å². The van der Waals surface area contributed by atoms with Gasteiger partial charge in [-0.3, -0.25) is 19.1 Å². The summed E-state index contributed by atoms with van der Waals surface area (Å²) in [7, 11) is 0. The molecule has 1 fully saturated rings. The zero-order chi connectivity index (χ0) is 16.4. The van der Waals surface area contributed by atoms with Crippen molar-refractivity contribution in [3.8, 4) is 0 Å². The number of amides is 1. The van der Waals surface area contributed by atoms with E-state index >= 15 is 0 Å². The summed E-state index contributed by atoms with van der Waals surface area (Å²) in [5.41, 5.74) is -1.35. The number of nitrogens with zero attached hydrogens (tertiary/aromatic N) is 1. The van der Waals surface area contributed by atoms with Crippen LogP contribution in [0.2, 0.25) is 0 Å². The van der Waals surface area contributed by atoms with E-state index in [2.05, 4.69) is 37.2 Å². The molecule has 11 heteroatoms. The molecule has 0 saturated carbocycles. The van der Waals surface area contributed by atoms with Crippen LogP contribution in [0.3, 0.4) is 0 Å². The molecule has 22 heavy (non-hydrogen) atoms. The highest BCUT2D eigenvalue weighted by molar-refractivity contribution is 9.25. The molecule has 1 amide bonds. The Bertz CT molecular complexity index is 660. The quantitative estimate of drug-likeness (QED) is 0.414. The Balaban J connectivity index is 2.11. The summed E-state index contributed by atoms with van der Waals surface area (Å²) in [6.07, 6.45) is -3.58. The molecule has 0 unspecified atom stereocenters. The molecule has 4 N–H and O–H groups in total. The molecule has 1 aliphatic heterocycles. The molecular weight excluding hydrogens is 430 g/mol. The van der Waals surface area contributed by atoms with Crippen LogP contribution in [0.1, 0.15) is 6.23 Å². The molecule has 0 aromatic carbocycles. The Labute approximate surface area is 140 Å². The Morgan fingerprint density at radius 3 is 2.68 bits per heavy atom. The van der Waals surface area contributed by atoms with Crippen molar-refractivity contribution in [2.45, 2.75) is 28.3 Å². The first-order valence-corrected chi connectivity index (χ1v) is 8.03. The summed E-state index contributed by atoms with van der Waals surface area (Å²) in [5.74, 6) is -0.380. The number of nitrogens with one attached hydrogen (secondary N) is 2. The first-order chi connectivity index (χ1) is 10.3. The van der Waals surface area contributed by atoms with E-state index < -0.39 is 39.5 Å².